The van der Waals surface area contributed by atoms with Crippen LogP contribution in [0.25, 0.3) is 0 Å². The van der Waals surface area contributed by atoms with E-state index in [9.17, 15) is 13.2 Å². The van der Waals surface area contributed by atoms with Gasteiger partial charge < -0.3 is 5.32 Å². The third-order valence-corrected chi connectivity index (χ3v) is 5.54. The molecule has 1 atom stereocenters. The maximum absolute atomic E-state index is 12.4. The Kier molecular flexibility index (Phi) is 3.44. The standard InChI is InChI=1S/C14H17N3O3S/c1-10(11-6-7-11)16-14(18)8-17-9-15-12-4-2-3-5-13(12)21(17,19)20/h2-5,9-11H,6-8H2,1H3,(H,16,18)/t10-/m0/s1. The van der Waals surface area contributed by atoms with Crippen molar-refractivity contribution in [2.24, 2.45) is 10.9 Å². The van der Waals surface area contributed by atoms with Crippen molar-refractivity contribution in [2.45, 2.75) is 30.7 Å². The van der Waals surface area contributed by atoms with Crippen LogP contribution in [-0.4, -0.2) is 37.6 Å². The Morgan fingerprint density at radius 3 is 2.86 bits per heavy atom. The Morgan fingerprint density at radius 1 is 1.43 bits per heavy atom. The van der Waals surface area contributed by atoms with Gasteiger partial charge in [-0.1, -0.05) is 12.1 Å². The fraction of sp³-hybridized carbons (Fsp3) is 0.429. The van der Waals surface area contributed by atoms with Crippen molar-refractivity contribution in [2.75, 3.05) is 6.54 Å². The second-order valence-corrected chi connectivity index (χ2v) is 7.32. The number of nitrogens with zero attached hydrogens (tertiary/aromatic N) is 2. The second kappa shape index (κ2) is 5.14. The van der Waals surface area contributed by atoms with Gasteiger partial charge in [-0.25, -0.2) is 17.7 Å². The number of aliphatic imine (C=N–C) groups is 1. The van der Waals surface area contributed by atoms with Crippen LogP contribution < -0.4 is 5.32 Å². The van der Waals surface area contributed by atoms with Crippen LogP contribution in [0.5, 0.6) is 0 Å². The predicted octanol–water partition coefficient (Wildman–Crippen LogP) is 1.27. The second-order valence-electron chi connectivity index (χ2n) is 5.46. The lowest BCUT2D eigenvalue weighted by Gasteiger charge is -2.24. The van der Waals surface area contributed by atoms with E-state index in [1.807, 2.05) is 6.92 Å². The Hall–Kier alpha value is -1.89. The molecule has 1 heterocycles. The lowest BCUT2D eigenvalue weighted by molar-refractivity contribution is -0.121. The maximum Gasteiger partial charge on any atom is 0.267 e. The number of amides is 1. The highest BCUT2D eigenvalue weighted by molar-refractivity contribution is 7.89. The average Bonchev–Trinajstić information content (AvgIpc) is 3.27. The fourth-order valence-corrected chi connectivity index (χ4v) is 3.72. The van der Waals surface area contributed by atoms with E-state index in [0.29, 0.717) is 11.6 Å². The molecule has 1 aromatic rings. The largest absolute Gasteiger partial charge is 0.352 e. The first-order valence-corrected chi connectivity index (χ1v) is 8.37. The highest BCUT2D eigenvalue weighted by Crippen LogP contribution is 2.32. The van der Waals surface area contributed by atoms with Crippen molar-refractivity contribution in [3.05, 3.63) is 24.3 Å². The highest BCUT2D eigenvalue weighted by atomic mass is 32.2. The van der Waals surface area contributed by atoms with E-state index in [4.69, 9.17) is 0 Å². The first-order chi connectivity index (χ1) is 9.98. The molecule has 7 heteroatoms. The number of sulfonamides is 1. The number of rotatable bonds is 4. The molecule has 6 nitrogen and oxygen atoms in total. The molecule has 0 unspecified atom stereocenters. The van der Waals surface area contributed by atoms with Gasteiger partial charge in [-0.05, 0) is 37.8 Å². The third kappa shape index (κ3) is 2.78. The molecule has 0 spiro atoms. The number of para-hydroxylation sites is 1. The van der Waals surface area contributed by atoms with E-state index in [0.717, 1.165) is 17.1 Å². The van der Waals surface area contributed by atoms with Gasteiger partial charge in [0.1, 0.15) is 17.8 Å². The molecule has 0 radical (unpaired) electrons. The molecule has 2 aliphatic rings. The molecule has 21 heavy (non-hydrogen) atoms. The number of carbonyl (C=O) groups excluding carboxylic acids is 1. The Balaban J connectivity index is 1.73. The van der Waals surface area contributed by atoms with E-state index in [-0.39, 0.29) is 23.4 Å². The van der Waals surface area contributed by atoms with Crippen molar-refractivity contribution < 1.29 is 13.2 Å². The van der Waals surface area contributed by atoms with E-state index in [1.54, 1.807) is 18.2 Å². The van der Waals surface area contributed by atoms with Gasteiger partial charge in [0, 0.05) is 6.04 Å². The van der Waals surface area contributed by atoms with Gasteiger partial charge in [0.05, 0.1) is 5.69 Å². The monoisotopic (exact) mass is 307 g/mol. The van der Waals surface area contributed by atoms with Crippen LogP contribution in [0, 0.1) is 5.92 Å². The summed E-state index contributed by atoms with van der Waals surface area (Å²) in [7, 11) is -3.70. The average molecular weight is 307 g/mol. The number of fused-ring (bicyclic) bond motifs is 1. The summed E-state index contributed by atoms with van der Waals surface area (Å²) in [6, 6.07) is 6.60. The van der Waals surface area contributed by atoms with Crippen molar-refractivity contribution in [1.29, 1.82) is 0 Å². The smallest absolute Gasteiger partial charge is 0.267 e. The summed E-state index contributed by atoms with van der Waals surface area (Å²) < 4.78 is 25.8. The topological polar surface area (TPSA) is 78.8 Å². The quantitative estimate of drug-likeness (QED) is 0.909. The summed E-state index contributed by atoms with van der Waals surface area (Å²) in [5.74, 6) is 0.227. The Labute approximate surface area is 123 Å². The molecule has 1 amide bonds. The normalized spacial score (nSPS) is 20.7. The molecule has 1 aliphatic carbocycles. The SMILES string of the molecule is C[C@H](NC(=O)CN1C=Nc2ccccc2S1(=O)=O)C1CC1. The number of carbonyl (C=O) groups is 1. The van der Waals surface area contributed by atoms with Gasteiger partial charge in [-0.3, -0.25) is 4.79 Å². The van der Waals surface area contributed by atoms with Crippen molar-refractivity contribution in [3.8, 4) is 0 Å². The molecular formula is C14H17N3O3S. The molecule has 0 aromatic heterocycles. The van der Waals surface area contributed by atoms with Gasteiger partial charge in [0.2, 0.25) is 5.91 Å². The summed E-state index contributed by atoms with van der Waals surface area (Å²) in [6.45, 7) is 1.71. The third-order valence-electron chi connectivity index (χ3n) is 3.79. The van der Waals surface area contributed by atoms with Crippen LogP contribution in [0.15, 0.2) is 34.2 Å². The van der Waals surface area contributed by atoms with Gasteiger partial charge >= 0.3 is 0 Å². The van der Waals surface area contributed by atoms with E-state index >= 15 is 0 Å². The molecule has 0 saturated heterocycles. The Morgan fingerprint density at radius 2 is 2.14 bits per heavy atom. The summed E-state index contributed by atoms with van der Waals surface area (Å²) in [5, 5.41) is 2.84. The maximum atomic E-state index is 12.4. The number of nitrogens with one attached hydrogen (secondary N) is 1. The number of hydrogen-bond donors (Lipinski definition) is 1. The van der Waals surface area contributed by atoms with Gasteiger partial charge in [-0.2, -0.15) is 0 Å². The van der Waals surface area contributed by atoms with Crippen molar-refractivity contribution in [1.82, 2.24) is 9.62 Å². The number of benzene rings is 1. The molecule has 1 saturated carbocycles. The van der Waals surface area contributed by atoms with Crippen LogP contribution in [-0.2, 0) is 14.8 Å². The molecule has 0 bridgehead atoms. The van der Waals surface area contributed by atoms with Crippen LogP contribution in [0.2, 0.25) is 0 Å². The molecule has 1 aliphatic heterocycles. The van der Waals surface area contributed by atoms with Crippen LogP contribution in [0.4, 0.5) is 5.69 Å². The van der Waals surface area contributed by atoms with Gasteiger partial charge in [0.15, 0.2) is 0 Å². The first-order valence-electron chi connectivity index (χ1n) is 6.93. The highest BCUT2D eigenvalue weighted by Gasteiger charge is 2.32. The molecule has 1 N–H and O–H groups in total. The van der Waals surface area contributed by atoms with Crippen LogP contribution >= 0.6 is 0 Å². The van der Waals surface area contributed by atoms with E-state index < -0.39 is 10.0 Å². The zero-order valence-corrected chi connectivity index (χ0v) is 12.5. The molecule has 112 valence electrons. The summed E-state index contributed by atoms with van der Waals surface area (Å²) in [4.78, 5) is 16.2. The minimum Gasteiger partial charge on any atom is -0.352 e. The van der Waals surface area contributed by atoms with Gasteiger partial charge in [0.25, 0.3) is 10.0 Å². The van der Waals surface area contributed by atoms with Gasteiger partial charge in [-0.15, -0.1) is 0 Å². The zero-order chi connectivity index (χ0) is 15.0. The predicted molar refractivity (Wildman–Crippen MR) is 78.8 cm³/mol. The lowest BCUT2D eigenvalue weighted by atomic mass is 10.2. The summed E-state index contributed by atoms with van der Waals surface area (Å²) in [5.41, 5.74) is 0.403. The van der Waals surface area contributed by atoms with E-state index in [1.165, 1.54) is 12.4 Å². The zero-order valence-electron chi connectivity index (χ0n) is 11.7. The molecule has 3 rings (SSSR count). The minimum atomic E-state index is -3.70. The first kappa shape index (κ1) is 14.1. The van der Waals surface area contributed by atoms with E-state index in [2.05, 4.69) is 10.3 Å². The molecule has 1 aromatic carbocycles. The summed E-state index contributed by atoms with van der Waals surface area (Å²) in [6.07, 6.45) is 3.45. The van der Waals surface area contributed by atoms with Crippen molar-refractivity contribution in [3.63, 3.8) is 0 Å². The van der Waals surface area contributed by atoms with Crippen LogP contribution in [0.1, 0.15) is 19.8 Å². The number of hydrogen-bond acceptors (Lipinski definition) is 4. The molecule has 1 fully saturated rings. The summed E-state index contributed by atoms with van der Waals surface area (Å²) >= 11 is 0. The fourth-order valence-electron chi connectivity index (χ4n) is 2.38. The van der Waals surface area contributed by atoms with Crippen LogP contribution in [0.3, 0.4) is 0 Å². The minimum absolute atomic E-state index is 0.0919. The van der Waals surface area contributed by atoms with Crippen molar-refractivity contribution >= 4 is 28.0 Å². The Bertz CT molecular complexity index is 695. The molecular weight excluding hydrogens is 290 g/mol. The lowest BCUT2D eigenvalue weighted by Crippen LogP contribution is -2.44.